The Morgan fingerprint density at radius 2 is 2.17 bits per heavy atom. The van der Waals surface area contributed by atoms with Crippen LogP contribution in [-0.4, -0.2) is 60.5 Å². The van der Waals surface area contributed by atoms with Gasteiger partial charge in [0, 0.05) is 37.6 Å². The van der Waals surface area contributed by atoms with Crippen LogP contribution >= 0.6 is 0 Å². The molecule has 4 rings (SSSR count). The van der Waals surface area contributed by atoms with Crippen LogP contribution in [0, 0.1) is 5.92 Å². The van der Waals surface area contributed by atoms with Crippen molar-refractivity contribution in [1.82, 2.24) is 10.3 Å². The number of nitrogens with two attached hydrogens (primary N) is 1. The van der Waals surface area contributed by atoms with Gasteiger partial charge in [-0.25, -0.2) is 4.98 Å². The van der Waals surface area contributed by atoms with E-state index in [0.29, 0.717) is 49.5 Å². The number of nitrogens with zero attached hydrogens (tertiary/aromatic N) is 1. The molecule has 0 spiro atoms. The van der Waals surface area contributed by atoms with Crippen molar-refractivity contribution in [3.05, 3.63) is 30.0 Å². The number of carbonyl (C=O) groups excluding carboxylic acids is 2. The van der Waals surface area contributed by atoms with E-state index in [-0.39, 0.29) is 24.1 Å². The normalized spacial score (nSPS) is 23.2. The van der Waals surface area contributed by atoms with E-state index in [1.807, 2.05) is 0 Å². The number of ether oxygens (including phenoxy) is 3. The number of hydrogen-bond acceptors (Lipinski definition) is 7. The fourth-order valence-corrected chi connectivity index (χ4v) is 4.23. The molecule has 2 fully saturated rings. The van der Waals surface area contributed by atoms with Gasteiger partial charge in [0.1, 0.15) is 12.4 Å². The maximum atomic E-state index is 12.5. The van der Waals surface area contributed by atoms with Crippen molar-refractivity contribution in [3.63, 3.8) is 0 Å². The molecule has 9 nitrogen and oxygen atoms in total. The molecule has 2 aliphatic rings. The molecule has 1 unspecified atom stereocenters. The highest BCUT2D eigenvalue weighted by molar-refractivity contribution is 6.01. The first-order valence-electron chi connectivity index (χ1n) is 9.91. The molecule has 1 aromatic carbocycles. The van der Waals surface area contributed by atoms with Gasteiger partial charge in [-0.15, -0.1) is 0 Å². The van der Waals surface area contributed by atoms with Gasteiger partial charge in [0.25, 0.3) is 5.91 Å². The van der Waals surface area contributed by atoms with Crippen molar-refractivity contribution < 1.29 is 28.9 Å². The van der Waals surface area contributed by atoms with Crippen LogP contribution in [0.5, 0.6) is 11.6 Å². The molecule has 0 radical (unpaired) electrons. The third kappa shape index (κ3) is 3.78. The summed E-state index contributed by atoms with van der Waals surface area (Å²) in [7, 11) is 1.46. The quantitative estimate of drug-likeness (QED) is 0.634. The number of aliphatic hydroxyl groups is 1. The van der Waals surface area contributed by atoms with Crippen molar-refractivity contribution in [3.8, 4) is 11.6 Å². The van der Waals surface area contributed by atoms with Crippen LogP contribution in [0.15, 0.2) is 24.4 Å². The molecule has 0 aliphatic carbocycles. The average molecular weight is 415 g/mol. The Hall–Kier alpha value is -2.91. The molecule has 9 heteroatoms. The number of pyridine rings is 1. The maximum Gasteiger partial charge on any atom is 0.252 e. The molecule has 2 atom stereocenters. The van der Waals surface area contributed by atoms with Gasteiger partial charge in [-0.1, -0.05) is 0 Å². The van der Waals surface area contributed by atoms with Crippen LogP contribution in [0.25, 0.3) is 10.8 Å². The summed E-state index contributed by atoms with van der Waals surface area (Å²) in [6.45, 7) is 1.12. The van der Waals surface area contributed by atoms with E-state index in [1.165, 1.54) is 7.11 Å². The summed E-state index contributed by atoms with van der Waals surface area (Å²) in [5.41, 5.74) is 4.67. The van der Waals surface area contributed by atoms with E-state index in [2.05, 4.69) is 10.3 Å². The van der Waals surface area contributed by atoms with Gasteiger partial charge >= 0.3 is 0 Å². The van der Waals surface area contributed by atoms with Crippen molar-refractivity contribution in [2.24, 2.45) is 11.7 Å². The maximum absolute atomic E-state index is 12.5. The molecule has 2 aliphatic heterocycles. The third-order valence-corrected chi connectivity index (χ3v) is 5.92. The van der Waals surface area contributed by atoms with E-state index in [0.717, 1.165) is 5.39 Å². The Labute approximate surface area is 173 Å². The lowest BCUT2D eigenvalue weighted by molar-refractivity contribution is -0.139. The smallest absolute Gasteiger partial charge is 0.252 e. The lowest BCUT2D eigenvalue weighted by atomic mass is 9.79. The second-order valence-corrected chi connectivity index (χ2v) is 7.77. The molecular formula is C21H25N3O6. The lowest BCUT2D eigenvalue weighted by Gasteiger charge is -2.35. The van der Waals surface area contributed by atoms with E-state index in [9.17, 15) is 14.7 Å². The van der Waals surface area contributed by atoms with Crippen molar-refractivity contribution >= 4 is 22.6 Å². The van der Waals surface area contributed by atoms with E-state index in [1.54, 1.807) is 24.4 Å². The minimum atomic E-state index is -1.03. The molecule has 4 N–H and O–H groups in total. The van der Waals surface area contributed by atoms with Crippen LogP contribution in [-0.2, 0) is 9.53 Å². The van der Waals surface area contributed by atoms with Gasteiger partial charge in [-0.3, -0.25) is 9.59 Å². The molecule has 3 heterocycles. The Balaban J connectivity index is 1.50. The first-order valence-corrected chi connectivity index (χ1v) is 9.91. The molecule has 2 saturated heterocycles. The molecule has 0 bridgehead atoms. The molecular weight excluding hydrogens is 390 g/mol. The fraction of sp³-hybridized carbons (Fsp3) is 0.476. The summed E-state index contributed by atoms with van der Waals surface area (Å²) in [5.74, 6) is -0.521. The summed E-state index contributed by atoms with van der Waals surface area (Å²) in [4.78, 5) is 28.4. The van der Waals surface area contributed by atoms with Crippen molar-refractivity contribution in [1.29, 1.82) is 0 Å². The SMILES string of the molecule is COc1cc2c(OCC3C[C@@H](C4(O)CCOCC4)C(=O)N3)nccc2cc1C(N)=O. The number of carbonyl (C=O) groups is 2. The average Bonchev–Trinajstić information content (AvgIpc) is 3.13. The van der Waals surface area contributed by atoms with E-state index >= 15 is 0 Å². The zero-order valence-corrected chi connectivity index (χ0v) is 16.7. The van der Waals surface area contributed by atoms with E-state index < -0.39 is 17.4 Å². The van der Waals surface area contributed by atoms with Gasteiger partial charge in [0.05, 0.1) is 30.2 Å². The number of aromatic nitrogens is 1. The second-order valence-electron chi connectivity index (χ2n) is 7.77. The van der Waals surface area contributed by atoms with Gasteiger partial charge in [-0.05, 0) is 30.0 Å². The zero-order valence-electron chi connectivity index (χ0n) is 16.7. The first kappa shape index (κ1) is 20.4. The molecule has 2 aromatic rings. The highest BCUT2D eigenvalue weighted by atomic mass is 16.5. The highest BCUT2D eigenvalue weighted by Crippen LogP contribution is 2.36. The number of amides is 2. The zero-order chi connectivity index (χ0) is 21.3. The molecule has 0 saturated carbocycles. The molecule has 30 heavy (non-hydrogen) atoms. The number of fused-ring (bicyclic) bond motifs is 1. The molecule has 1 aromatic heterocycles. The Morgan fingerprint density at radius 1 is 1.40 bits per heavy atom. The number of methoxy groups -OCH3 is 1. The third-order valence-electron chi connectivity index (χ3n) is 5.92. The van der Waals surface area contributed by atoms with Crippen LogP contribution in [0.2, 0.25) is 0 Å². The van der Waals surface area contributed by atoms with Gasteiger partial charge < -0.3 is 30.4 Å². The molecule has 2 amide bonds. The van der Waals surface area contributed by atoms with E-state index in [4.69, 9.17) is 19.9 Å². The van der Waals surface area contributed by atoms with Crippen LogP contribution in [0.4, 0.5) is 0 Å². The number of benzene rings is 1. The number of primary amides is 1. The van der Waals surface area contributed by atoms with Crippen molar-refractivity contribution in [2.45, 2.75) is 30.9 Å². The summed E-state index contributed by atoms with van der Waals surface area (Å²) in [6.07, 6.45) is 2.96. The predicted molar refractivity (Wildman–Crippen MR) is 107 cm³/mol. The standard InChI is InChI=1S/C21H25N3O6/c1-28-17-10-14-12(8-15(17)18(22)25)2-5-23-20(14)30-11-13-9-16(19(26)24-13)21(27)3-6-29-7-4-21/h2,5,8,10,13,16,27H,3-4,6-7,9,11H2,1H3,(H2,22,25)(H,24,26)/t13?,16-/m1/s1. The summed E-state index contributed by atoms with van der Waals surface area (Å²) in [6, 6.07) is 4.82. The number of nitrogens with one attached hydrogen (secondary N) is 1. The summed E-state index contributed by atoms with van der Waals surface area (Å²) >= 11 is 0. The number of rotatable bonds is 6. The molecule has 160 valence electrons. The van der Waals surface area contributed by atoms with Crippen molar-refractivity contribution in [2.75, 3.05) is 26.9 Å². The lowest BCUT2D eigenvalue weighted by Crippen LogP contribution is -2.46. The summed E-state index contributed by atoms with van der Waals surface area (Å²) in [5, 5.41) is 15.2. The highest BCUT2D eigenvalue weighted by Gasteiger charge is 2.47. The summed E-state index contributed by atoms with van der Waals surface area (Å²) < 4.78 is 16.5. The Bertz CT molecular complexity index is 973. The monoisotopic (exact) mass is 415 g/mol. The second kappa shape index (κ2) is 8.08. The fourth-order valence-electron chi connectivity index (χ4n) is 4.23. The number of hydrogen-bond donors (Lipinski definition) is 3. The van der Waals surface area contributed by atoms with Crippen LogP contribution < -0.4 is 20.5 Å². The van der Waals surface area contributed by atoms with Crippen LogP contribution in [0.3, 0.4) is 0 Å². The minimum absolute atomic E-state index is 0.161. The largest absolute Gasteiger partial charge is 0.496 e. The topological polar surface area (TPSA) is 133 Å². The Kier molecular flexibility index (Phi) is 5.48. The van der Waals surface area contributed by atoms with Gasteiger partial charge in [0.2, 0.25) is 11.8 Å². The Morgan fingerprint density at radius 3 is 2.87 bits per heavy atom. The first-order chi connectivity index (χ1) is 14.4. The predicted octanol–water partition coefficient (Wildman–Crippen LogP) is 0.767. The van der Waals surface area contributed by atoms with Crippen LogP contribution in [0.1, 0.15) is 29.6 Å². The minimum Gasteiger partial charge on any atom is -0.496 e. The van der Waals surface area contributed by atoms with Gasteiger partial charge in [0.15, 0.2) is 0 Å². The van der Waals surface area contributed by atoms with Gasteiger partial charge in [-0.2, -0.15) is 0 Å².